The van der Waals surface area contributed by atoms with Crippen LogP contribution >= 0.6 is 0 Å². The quantitative estimate of drug-likeness (QED) is 0.805. The summed E-state index contributed by atoms with van der Waals surface area (Å²) in [7, 11) is 0. The van der Waals surface area contributed by atoms with Crippen molar-refractivity contribution in [3.63, 3.8) is 0 Å². The van der Waals surface area contributed by atoms with Crippen molar-refractivity contribution in [2.24, 2.45) is 11.3 Å². The van der Waals surface area contributed by atoms with E-state index in [1.54, 1.807) is 0 Å². The first-order valence-corrected chi connectivity index (χ1v) is 7.93. The van der Waals surface area contributed by atoms with Gasteiger partial charge in [-0.1, -0.05) is 20.8 Å². The molecule has 1 heterocycles. The van der Waals surface area contributed by atoms with Crippen LogP contribution in [0.2, 0.25) is 0 Å². The minimum absolute atomic E-state index is 0.0699. The molecule has 0 bridgehead atoms. The fourth-order valence-corrected chi connectivity index (χ4v) is 3.57. The SMILES string of the molecule is CCC1(CC)CC(=O)N(CC2(O)CCC(C)CC2)C1=O. The molecule has 114 valence electrons. The van der Waals surface area contributed by atoms with Crippen molar-refractivity contribution < 1.29 is 14.7 Å². The minimum atomic E-state index is -0.866. The number of amides is 2. The highest BCUT2D eigenvalue weighted by atomic mass is 16.3. The van der Waals surface area contributed by atoms with Gasteiger partial charge in [0.05, 0.1) is 17.6 Å². The summed E-state index contributed by atoms with van der Waals surface area (Å²) in [5, 5.41) is 10.7. The molecule has 0 radical (unpaired) electrons. The van der Waals surface area contributed by atoms with Crippen LogP contribution in [0, 0.1) is 11.3 Å². The molecule has 2 amide bonds. The molecule has 0 aromatic heterocycles. The lowest BCUT2D eigenvalue weighted by Gasteiger charge is -2.37. The summed E-state index contributed by atoms with van der Waals surface area (Å²) in [4.78, 5) is 26.1. The third-order valence-electron chi connectivity index (χ3n) is 5.50. The summed E-state index contributed by atoms with van der Waals surface area (Å²) in [6.07, 6.45) is 5.02. The number of hydrogen-bond acceptors (Lipinski definition) is 3. The highest BCUT2D eigenvalue weighted by molar-refractivity contribution is 6.05. The largest absolute Gasteiger partial charge is 0.388 e. The molecule has 2 fully saturated rings. The zero-order valence-electron chi connectivity index (χ0n) is 12.9. The predicted octanol–water partition coefficient (Wildman–Crippen LogP) is 2.49. The number of aliphatic hydroxyl groups is 1. The highest BCUT2D eigenvalue weighted by Crippen LogP contribution is 2.41. The van der Waals surface area contributed by atoms with Gasteiger partial charge in [0.2, 0.25) is 11.8 Å². The molecule has 0 aromatic carbocycles. The molecule has 2 rings (SSSR count). The van der Waals surface area contributed by atoms with Crippen LogP contribution in [0.3, 0.4) is 0 Å². The Bertz CT molecular complexity index is 393. The lowest BCUT2D eigenvalue weighted by Crippen LogP contribution is -2.48. The van der Waals surface area contributed by atoms with E-state index in [9.17, 15) is 14.7 Å². The average molecular weight is 281 g/mol. The molecule has 2 aliphatic rings. The second-order valence-corrected chi connectivity index (χ2v) is 6.86. The standard InChI is InChI=1S/C16H27NO3/c1-4-15(5-2)10-13(18)17(14(15)19)11-16(20)8-6-12(3)7-9-16/h12,20H,4-11H2,1-3H3. The fraction of sp³-hybridized carbons (Fsp3) is 0.875. The normalized spacial score (nSPS) is 33.8. The molecule has 0 aromatic rings. The Labute approximate surface area is 121 Å². The zero-order valence-corrected chi connectivity index (χ0v) is 12.9. The van der Waals surface area contributed by atoms with Gasteiger partial charge < -0.3 is 5.11 Å². The summed E-state index contributed by atoms with van der Waals surface area (Å²) in [5.41, 5.74) is -1.38. The molecule has 0 spiro atoms. The predicted molar refractivity (Wildman–Crippen MR) is 76.9 cm³/mol. The molecule has 0 unspecified atom stereocenters. The first-order valence-electron chi connectivity index (χ1n) is 7.93. The molecule has 0 atom stereocenters. The maximum atomic E-state index is 12.6. The number of hydrogen-bond donors (Lipinski definition) is 1. The van der Waals surface area contributed by atoms with E-state index in [0.717, 1.165) is 12.8 Å². The number of carbonyl (C=O) groups excluding carboxylic acids is 2. The van der Waals surface area contributed by atoms with Crippen LogP contribution < -0.4 is 0 Å². The maximum absolute atomic E-state index is 12.6. The second-order valence-electron chi connectivity index (χ2n) is 6.86. The molecule has 4 nitrogen and oxygen atoms in total. The summed E-state index contributed by atoms with van der Waals surface area (Å²) in [6, 6.07) is 0. The molecule has 1 aliphatic heterocycles. The Kier molecular flexibility index (Phi) is 4.24. The molecule has 4 heteroatoms. The highest BCUT2D eigenvalue weighted by Gasteiger charge is 2.51. The molecular weight excluding hydrogens is 254 g/mol. The topological polar surface area (TPSA) is 57.6 Å². The number of likely N-dealkylation sites (tertiary alicyclic amines) is 1. The van der Waals surface area contributed by atoms with Crippen LogP contribution in [0.1, 0.15) is 65.7 Å². The van der Waals surface area contributed by atoms with E-state index >= 15 is 0 Å². The first-order chi connectivity index (χ1) is 9.36. The van der Waals surface area contributed by atoms with Gasteiger partial charge in [-0.15, -0.1) is 0 Å². The van der Waals surface area contributed by atoms with Gasteiger partial charge in [-0.05, 0) is 44.4 Å². The van der Waals surface area contributed by atoms with Gasteiger partial charge in [0.15, 0.2) is 0 Å². The van der Waals surface area contributed by atoms with Gasteiger partial charge in [0, 0.05) is 6.42 Å². The lowest BCUT2D eigenvalue weighted by molar-refractivity contribution is -0.147. The summed E-state index contributed by atoms with van der Waals surface area (Å²) in [5.74, 6) is 0.455. The number of nitrogens with zero attached hydrogens (tertiary/aromatic N) is 1. The van der Waals surface area contributed by atoms with Gasteiger partial charge in [-0.25, -0.2) is 0 Å². The monoisotopic (exact) mass is 281 g/mol. The fourth-order valence-electron chi connectivity index (χ4n) is 3.57. The van der Waals surface area contributed by atoms with Crippen molar-refractivity contribution in [2.75, 3.05) is 6.54 Å². The maximum Gasteiger partial charge on any atom is 0.235 e. The van der Waals surface area contributed by atoms with E-state index in [1.165, 1.54) is 4.90 Å². The Morgan fingerprint density at radius 2 is 1.75 bits per heavy atom. The average Bonchev–Trinajstić information content (AvgIpc) is 2.67. The van der Waals surface area contributed by atoms with Crippen LogP contribution in [0.25, 0.3) is 0 Å². The van der Waals surface area contributed by atoms with Gasteiger partial charge in [-0.3, -0.25) is 14.5 Å². The van der Waals surface area contributed by atoms with Crippen molar-refractivity contribution in [3.8, 4) is 0 Å². The lowest BCUT2D eigenvalue weighted by atomic mass is 9.79. The van der Waals surface area contributed by atoms with Crippen LogP contribution in [-0.2, 0) is 9.59 Å². The van der Waals surface area contributed by atoms with Gasteiger partial charge in [0.25, 0.3) is 0 Å². The number of β-amino-alcohol motifs (C(OH)–C–C–N with tert-alkyl or cyclic N) is 1. The van der Waals surface area contributed by atoms with Crippen molar-refractivity contribution in [1.29, 1.82) is 0 Å². The summed E-state index contributed by atoms with van der Waals surface area (Å²) in [6.45, 7) is 6.31. The number of rotatable bonds is 4. The Balaban J connectivity index is 2.10. The van der Waals surface area contributed by atoms with E-state index < -0.39 is 11.0 Å². The molecule has 1 aliphatic carbocycles. The number of imide groups is 1. The van der Waals surface area contributed by atoms with E-state index in [2.05, 4.69) is 6.92 Å². The number of carbonyl (C=O) groups is 2. The Morgan fingerprint density at radius 1 is 1.20 bits per heavy atom. The van der Waals surface area contributed by atoms with E-state index in [0.29, 0.717) is 38.0 Å². The van der Waals surface area contributed by atoms with Crippen LogP contribution in [-0.4, -0.2) is 34.0 Å². The van der Waals surface area contributed by atoms with Crippen molar-refractivity contribution in [2.45, 2.75) is 71.3 Å². The second kappa shape index (κ2) is 5.47. The van der Waals surface area contributed by atoms with Gasteiger partial charge >= 0.3 is 0 Å². The van der Waals surface area contributed by atoms with Crippen molar-refractivity contribution >= 4 is 11.8 Å². The summed E-state index contributed by atoms with van der Waals surface area (Å²) < 4.78 is 0. The molecular formula is C16H27NO3. The smallest absolute Gasteiger partial charge is 0.235 e. The van der Waals surface area contributed by atoms with E-state index in [-0.39, 0.29) is 18.4 Å². The van der Waals surface area contributed by atoms with Crippen molar-refractivity contribution in [3.05, 3.63) is 0 Å². The van der Waals surface area contributed by atoms with Crippen LogP contribution in [0.15, 0.2) is 0 Å². The van der Waals surface area contributed by atoms with Crippen molar-refractivity contribution in [1.82, 2.24) is 4.90 Å². The Hall–Kier alpha value is -0.900. The van der Waals surface area contributed by atoms with Crippen LogP contribution in [0.4, 0.5) is 0 Å². The third-order valence-corrected chi connectivity index (χ3v) is 5.50. The molecule has 1 saturated heterocycles. The van der Waals surface area contributed by atoms with E-state index in [1.807, 2.05) is 13.8 Å². The first kappa shape index (κ1) is 15.5. The molecule has 1 N–H and O–H groups in total. The molecule has 1 saturated carbocycles. The summed E-state index contributed by atoms with van der Waals surface area (Å²) >= 11 is 0. The molecule has 20 heavy (non-hydrogen) atoms. The van der Waals surface area contributed by atoms with E-state index in [4.69, 9.17) is 0 Å². The third kappa shape index (κ3) is 2.62. The minimum Gasteiger partial charge on any atom is -0.388 e. The van der Waals surface area contributed by atoms with Crippen LogP contribution in [0.5, 0.6) is 0 Å². The zero-order chi connectivity index (χ0) is 15.0. The van der Waals surface area contributed by atoms with Gasteiger partial charge in [0.1, 0.15) is 0 Å². The Morgan fingerprint density at radius 3 is 2.20 bits per heavy atom. The van der Waals surface area contributed by atoms with Gasteiger partial charge in [-0.2, -0.15) is 0 Å².